The largest absolute Gasteiger partial charge is 0.496 e. The van der Waals surface area contributed by atoms with E-state index in [1.165, 1.54) is 7.11 Å². The molecule has 6 heteroatoms. The van der Waals surface area contributed by atoms with E-state index in [9.17, 15) is 4.79 Å². The average Bonchev–Trinajstić information content (AvgIpc) is 2.62. The molecule has 1 aliphatic rings. The van der Waals surface area contributed by atoms with Crippen LogP contribution in [0.3, 0.4) is 0 Å². The maximum absolute atomic E-state index is 12.9. The van der Waals surface area contributed by atoms with Gasteiger partial charge in [0.2, 0.25) is 0 Å². The van der Waals surface area contributed by atoms with Crippen LogP contribution in [0.1, 0.15) is 10.4 Å². The van der Waals surface area contributed by atoms with E-state index in [0.29, 0.717) is 34.4 Å². The fourth-order valence-corrected chi connectivity index (χ4v) is 3.31. The Morgan fingerprint density at radius 3 is 2.46 bits per heavy atom. The summed E-state index contributed by atoms with van der Waals surface area (Å²) >= 11 is 12.7. The highest BCUT2D eigenvalue weighted by Gasteiger charge is 2.23. The van der Waals surface area contributed by atoms with Crippen molar-refractivity contribution in [1.82, 2.24) is 10.2 Å². The fourth-order valence-electron chi connectivity index (χ4n) is 2.82. The van der Waals surface area contributed by atoms with Crippen LogP contribution in [-0.2, 0) is 0 Å². The van der Waals surface area contributed by atoms with E-state index in [-0.39, 0.29) is 5.91 Å². The predicted octanol–water partition coefficient (Wildman–Crippen LogP) is 3.71. The summed E-state index contributed by atoms with van der Waals surface area (Å²) in [5, 5.41) is 4.32. The number of piperazine rings is 1. The second-order valence-electron chi connectivity index (χ2n) is 5.55. The SMILES string of the molecule is COc1cc(Cl)c(-c2ccccc2Cl)cc1C(=O)N1CCNCC1. The minimum Gasteiger partial charge on any atom is -0.496 e. The Kier molecular flexibility index (Phi) is 5.29. The van der Waals surface area contributed by atoms with Crippen LogP contribution in [0.2, 0.25) is 10.0 Å². The van der Waals surface area contributed by atoms with Gasteiger partial charge >= 0.3 is 0 Å². The third-order valence-corrected chi connectivity index (χ3v) is 4.73. The molecule has 4 nitrogen and oxygen atoms in total. The van der Waals surface area contributed by atoms with Crippen LogP contribution >= 0.6 is 23.2 Å². The van der Waals surface area contributed by atoms with Gasteiger partial charge in [-0.25, -0.2) is 0 Å². The molecule has 1 heterocycles. The van der Waals surface area contributed by atoms with E-state index < -0.39 is 0 Å². The summed E-state index contributed by atoms with van der Waals surface area (Å²) in [5.41, 5.74) is 2.02. The molecule has 1 saturated heterocycles. The number of carbonyl (C=O) groups excluding carboxylic acids is 1. The Balaban J connectivity index is 2.06. The second-order valence-corrected chi connectivity index (χ2v) is 6.37. The van der Waals surface area contributed by atoms with Crippen molar-refractivity contribution in [2.75, 3.05) is 33.3 Å². The molecule has 24 heavy (non-hydrogen) atoms. The van der Waals surface area contributed by atoms with Gasteiger partial charge in [-0.2, -0.15) is 0 Å². The van der Waals surface area contributed by atoms with Gasteiger partial charge in [0.25, 0.3) is 5.91 Å². The van der Waals surface area contributed by atoms with Crippen LogP contribution < -0.4 is 10.1 Å². The van der Waals surface area contributed by atoms with Crippen molar-refractivity contribution in [3.05, 3.63) is 52.0 Å². The first-order valence-corrected chi connectivity index (χ1v) is 8.50. The van der Waals surface area contributed by atoms with Gasteiger partial charge in [-0.05, 0) is 12.1 Å². The zero-order valence-electron chi connectivity index (χ0n) is 13.3. The van der Waals surface area contributed by atoms with Crippen molar-refractivity contribution in [3.63, 3.8) is 0 Å². The smallest absolute Gasteiger partial charge is 0.257 e. The molecular formula is C18H18Cl2N2O2. The molecule has 1 aliphatic heterocycles. The Morgan fingerprint density at radius 1 is 1.08 bits per heavy atom. The van der Waals surface area contributed by atoms with Crippen LogP contribution in [0.25, 0.3) is 11.1 Å². The third kappa shape index (κ3) is 3.36. The van der Waals surface area contributed by atoms with Gasteiger partial charge in [0.05, 0.1) is 17.7 Å². The number of rotatable bonds is 3. The molecule has 2 aromatic carbocycles. The van der Waals surface area contributed by atoms with Gasteiger partial charge < -0.3 is 15.0 Å². The fraction of sp³-hybridized carbons (Fsp3) is 0.278. The standard InChI is InChI=1S/C18H18Cl2N2O2/c1-24-17-11-16(20)13(12-4-2-3-5-15(12)19)10-14(17)18(23)22-8-6-21-7-9-22/h2-5,10-11,21H,6-9H2,1H3. The first kappa shape index (κ1) is 17.1. The lowest BCUT2D eigenvalue weighted by Gasteiger charge is -2.28. The number of hydrogen-bond donors (Lipinski definition) is 1. The van der Waals surface area contributed by atoms with Crippen LogP contribution in [0, 0.1) is 0 Å². The van der Waals surface area contributed by atoms with Gasteiger partial charge in [0.1, 0.15) is 5.75 Å². The topological polar surface area (TPSA) is 41.6 Å². The van der Waals surface area contributed by atoms with E-state index in [1.54, 1.807) is 18.2 Å². The zero-order chi connectivity index (χ0) is 17.1. The molecule has 0 spiro atoms. The van der Waals surface area contributed by atoms with Crippen molar-refractivity contribution in [3.8, 4) is 16.9 Å². The number of amides is 1. The molecule has 0 unspecified atom stereocenters. The number of nitrogens with zero attached hydrogens (tertiary/aromatic N) is 1. The quantitative estimate of drug-likeness (QED) is 0.902. The molecule has 0 aliphatic carbocycles. The Morgan fingerprint density at radius 2 is 1.79 bits per heavy atom. The van der Waals surface area contributed by atoms with E-state index in [4.69, 9.17) is 27.9 Å². The molecule has 2 aromatic rings. The molecule has 3 rings (SSSR count). The molecule has 1 amide bonds. The van der Waals surface area contributed by atoms with E-state index >= 15 is 0 Å². The van der Waals surface area contributed by atoms with Gasteiger partial charge in [-0.15, -0.1) is 0 Å². The highest BCUT2D eigenvalue weighted by atomic mass is 35.5. The molecule has 0 atom stereocenters. The number of carbonyl (C=O) groups is 1. The van der Waals surface area contributed by atoms with Crippen LogP contribution in [-0.4, -0.2) is 44.1 Å². The second kappa shape index (κ2) is 7.43. The van der Waals surface area contributed by atoms with Crippen molar-refractivity contribution < 1.29 is 9.53 Å². The normalized spacial score (nSPS) is 14.5. The summed E-state index contributed by atoms with van der Waals surface area (Å²) < 4.78 is 5.38. The Labute approximate surface area is 151 Å². The minimum absolute atomic E-state index is 0.0571. The molecule has 0 saturated carbocycles. The highest BCUT2D eigenvalue weighted by Crippen LogP contribution is 2.37. The lowest BCUT2D eigenvalue weighted by atomic mass is 10.0. The number of ether oxygens (including phenoxy) is 1. The van der Waals surface area contributed by atoms with Gasteiger partial charge in [-0.1, -0.05) is 41.4 Å². The average molecular weight is 365 g/mol. The lowest BCUT2D eigenvalue weighted by Crippen LogP contribution is -2.46. The van der Waals surface area contributed by atoms with Crippen LogP contribution in [0.5, 0.6) is 5.75 Å². The highest BCUT2D eigenvalue weighted by molar-refractivity contribution is 6.36. The first-order valence-electron chi connectivity index (χ1n) is 7.74. The summed E-state index contributed by atoms with van der Waals surface area (Å²) in [6.07, 6.45) is 0. The summed E-state index contributed by atoms with van der Waals surface area (Å²) in [4.78, 5) is 14.7. The maximum atomic E-state index is 12.9. The third-order valence-electron chi connectivity index (χ3n) is 4.09. The van der Waals surface area contributed by atoms with Crippen LogP contribution in [0.4, 0.5) is 0 Å². The Bertz CT molecular complexity index is 759. The van der Waals surface area contributed by atoms with Gasteiger partial charge in [0, 0.05) is 48.4 Å². The number of halogens is 2. The monoisotopic (exact) mass is 364 g/mol. The van der Waals surface area contributed by atoms with Crippen molar-refractivity contribution in [2.24, 2.45) is 0 Å². The molecule has 1 fully saturated rings. The summed E-state index contributed by atoms with van der Waals surface area (Å²) in [7, 11) is 1.54. The molecule has 1 N–H and O–H groups in total. The summed E-state index contributed by atoms with van der Waals surface area (Å²) in [6, 6.07) is 10.9. The molecule has 0 radical (unpaired) electrons. The summed E-state index contributed by atoms with van der Waals surface area (Å²) in [5.74, 6) is 0.414. The predicted molar refractivity (Wildman–Crippen MR) is 97.2 cm³/mol. The van der Waals surface area contributed by atoms with Crippen molar-refractivity contribution in [1.29, 1.82) is 0 Å². The maximum Gasteiger partial charge on any atom is 0.257 e. The van der Waals surface area contributed by atoms with E-state index in [1.807, 2.05) is 23.1 Å². The van der Waals surface area contributed by atoms with E-state index in [2.05, 4.69) is 5.32 Å². The molecule has 0 aromatic heterocycles. The van der Waals surface area contributed by atoms with E-state index in [0.717, 1.165) is 24.2 Å². The van der Waals surface area contributed by atoms with Crippen LogP contribution in [0.15, 0.2) is 36.4 Å². The lowest BCUT2D eigenvalue weighted by molar-refractivity contribution is 0.0732. The minimum atomic E-state index is -0.0571. The number of benzene rings is 2. The first-order chi connectivity index (χ1) is 11.6. The van der Waals surface area contributed by atoms with Crippen molar-refractivity contribution >= 4 is 29.1 Å². The molecule has 126 valence electrons. The molecular weight excluding hydrogens is 347 g/mol. The number of hydrogen-bond acceptors (Lipinski definition) is 3. The van der Waals surface area contributed by atoms with Gasteiger partial charge in [-0.3, -0.25) is 4.79 Å². The number of methoxy groups -OCH3 is 1. The number of nitrogens with one attached hydrogen (secondary N) is 1. The zero-order valence-corrected chi connectivity index (χ0v) is 14.8. The molecule has 0 bridgehead atoms. The van der Waals surface area contributed by atoms with Gasteiger partial charge in [0.15, 0.2) is 0 Å². The Hall–Kier alpha value is -1.75. The summed E-state index contributed by atoms with van der Waals surface area (Å²) in [6.45, 7) is 2.93. The van der Waals surface area contributed by atoms with Crippen molar-refractivity contribution in [2.45, 2.75) is 0 Å².